The molecule has 7 nitrogen and oxygen atoms in total. The van der Waals surface area contributed by atoms with Crippen molar-refractivity contribution in [3.8, 4) is 0 Å². The molecule has 0 radical (unpaired) electrons. The number of esters is 1. The van der Waals surface area contributed by atoms with Crippen molar-refractivity contribution in [2.75, 3.05) is 6.54 Å². The van der Waals surface area contributed by atoms with Crippen LogP contribution in [0.15, 0.2) is 22.0 Å². The second-order valence-corrected chi connectivity index (χ2v) is 6.79. The quantitative estimate of drug-likeness (QED) is 0.770. The Kier molecular flexibility index (Phi) is 4.94. The highest BCUT2D eigenvalue weighted by Crippen LogP contribution is 2.24. The molecule has 3 heterocycles. The summed E-state index contributed by atoms with van der Waals surface area (Å²) in [6, 6.07) is 3.30. The van der Waals surface area contributed by atoms with Gasteiger partial charge in [0.1, 0.15) is 6.04 Å². The van der Waals surface area contributed by atoms with Gasteiger partial charge in [0.05, 0.1) is 6.42 Å². The first kappa shape index (κ1) is 16.6. The Morgan fingerprint density at radius 3 is 3.04 bits per heavy atom. The Labute approximate surface area is 143 Å². The number of aryl methyl sites for hydroxylation is 1. The summed E-state index contributed by atoms with van der Waals surface area (Å²) in [6.07, 6.45) is 1.10. The van der Waals surface area contributed by atoms with Crippen molar-refractivity contribution >= 4 is 23.2 Å². The van der Waals surface area contributed by atoms with E-state index in [2.05, 4.69) is 10.1 Å². The minimum atomic E-state index is -0.631. The lowest BCUT2D eigenvalue weighted by molar-refractivity contribution is -0.158. The fourth-order valence-electron chi connectivity index (χ4n) is 2.76. The third-order valence-electron chi connectivity index (χ3n) is 3.93. The smallest absolute Gasteiger partial charge is 0.329 e. The number of hydrogen-bond donors (Lipinski definition) is 0. The van der Waals surface area contributed by atoms with Gasteiger partial charge in [0.15, 0.2) is 11.9 Å². The topological polar surface area (TPSA) is 85.5 Å². The van der Waals surface area contributed by atoms with E-state index in [9.17, 15) is 9.59 Å². The lowest BCUT2D eigenvalue weighted by Gasteiger charge is -2.24. The van der Waals surface area contributed by atoms with E-state index in [0.717, 1.165) is 11.3 Å². The molecular formula is C16H19N3O4S. The average molecular weight is 349 g/mol. The van der Waals surface area contributed by atoms with Gasteiger partial charge in [-0.2, -0.15) is 4.98 Å². The van der Waals surface area contributed by atoms with Crippen LogP contribution < -0.4 is 0 Å². The van der Waals surface area contributed by atoms with Crippen LogP contribution in [0, 0.1) is 6.92 Å². The molecule has 128 valence electrons. The van der Waals surface area contributed by atoms with E-state index in [-0.39, 0.29) is 11.8 Å². The predicted molar refractivity (Wildman–Crippen MR) is 86.3 cm³/mol. The van der Waals surface area contributed by atoms with Gasteiger partial charge < -0.3 is 14.2 Å². The molecule has 2 atom stereocenters. The number of nitrogens with zero attached hydrogens (tertiary/aromatic N) is 3. The van der Waals surface area contributed by atoms with Crippen molar-refractivity contribution in [3.63, 3.8) is 0 Å². The maximum absolute atomic E-state index is 12.5. The normalized spacial score (nSPS) is 18.6. The molecule has 0 bridgehead atoms. The van der Waals surface area contributed by atoms with Gasteiger partial charge in [-0.3, -0.25) is 4.79 Å². The zero-order chi connectivity index (χ0) is 17.1. The fourth-order valence-corrected chi connectivity index (χ4v) is 3.45. The number of hydrogen-bond acceptors (Lipinski definition) is 7. The van der Waals surface area contributed by atoms with Crippen LogP contribution in [0.1, 0.15) is 42.5 Å². The number of amides is 1. The first-order valence-electron chi connectivity index (χ1n) is 7.87. The Bertz CT molecular complexity index is 713. The second-order valence-electron chi connectivity index (χ2n) is 5.76. The van der Waals surface area contributed by atoms with Crippen molar-refractivity contribution in [2.45, 2.75) is 45.3 Å². The number of rotatable bonds is 5. The summed E-state index contributed by atoms with van der Waals surface area (Å²) in [5.41, 5.74) is 0. The first-order chi connectivity index (χ1) is 11.5. The highest BCUT2D eigenvalue weighted by Gasteiger charge is 2.36. The van der Waals surface area contributed by atoms with E-state index in [1.807, 2.05) is 17.5 Å². The lowest BCUT2D eigenvalue weighted by Crippen LogP contribution is -2.42. The Morgan fingerprint density at radius 2 is 2.38 bits per heavy atom. The Hall–Kier alpha value is -2.22. The molecule has 3 rings (SSSR count). The SMILES string of the molecule is Cc1noc([C@@H](C)OC(=O)[C@@H]2CCCN2C(=O)Cc2cccs2)n1. The molecule has 8 heteroatoms. The second kappa shape index (κ2) is 7.12. The van der Waals surface area contributed by atoms with Gasteiger partial charge in [-0.25, -0.2) is 4.79 Å². The molecule has 0 spiro atoms. The highest BCUT2D eigenvalue weighted by atomic mass is 32.1. The van der Waals surface area contributed by atoms with Gasteiger partial charge in [-0.15, -0.1) is 11.3 Å². The summed E-state index contributed by atoms with van der Waals surface area (Å²) in [5.74, 6) is 0.283. The summed E-state index contributed by atoms with van der Waals surface area (Å²) in [6.45, 7) is 3.96. The molecular weight excluding hydrogens is 330 g/mol. The van der Waals surface area contributed by atoms with E-state index in [1.165, 1.54) is 11.3 Å². The van der Waals surface area contributed by atoms with Gasteiger partial charge in [0.2, 0.25) is 5.91 Å². The van der Waals surface area contributed by atoms with Crippen molar-refractivity contribution in [2.24, 2.45) is 0 Å². The predicted octanol–water partition coefficient (Wildman–Crippen LogP) is 2.28. The van der Waals surface area contributed by atoms with Gasteiger partial charge in [-0.05, 0) is 38.1 Å². The molecule has 0 aliphatic carbocycles. The molecule has 0 saturated carbocycles. The molecule has 1 aliphatic rings. The number of carbonyl (C=O) groups excluding carboxylic acids is 2. The maximum Gasteiger partial charge on any atom is 0.329 e. The lowest BCUT2D eigenvalue weighted by atomic mass is 10.2. The van der Waals surface area contributed by atoms with Crippen LogP contribution in [-0.4, -0.2) is 39.5 Å². The van der Waals surface area contributed by atoms with Gasteiger partial charge in [0.25, 0.3) is 5.89 Å². The summed E-state index contributed by atoms with van der Waals surface area (Å²) < 4.78 is 10.4. The van der Waals surface area contributed by atoms with Crippen LogP contribution in [-0.2, 0) is 20.7 Å². The van der Waals surface area contributed by atoms with Crippen molar-refractivity contribution < 1.29 is 18.8 Å². The third kappa shape index (κ3) is 3.64. The third-order valence-corrected chi connectivity index (χ3v) is 4.81. The first-order valence-corrected chi connectivity index (χ1v) is 8.75. The summed E-state index contributed by atoms with van der Waals surface area (Å²) >= 11 is 1.54. The van der Waals surface area contributed by atoms with Crippen molar-refractivity contribution in [1.29, 1.82) is 0 Å². The van der Waals surface area contributed by atoms with Crippen LogP contribution in [0.2, 0.25) is 0 Å². The summed E-state index contributed by atoms with van der Waals surface area (Å²) in [4.78, 5) is 31.6. The molecule has 24 heavy (non-hydrogen) atoms. The summed E-state index contributed by atoms with van der Waals surface area (Å²) in [7, 11) is 0. The standard InChI is InChI=1S/C16H19N3O4S/c1-10(15-17-11(2)18-23-15)22-16(21)13-6-3-7-19(13)14(20)9-12-5-4-8-24-12/h4-5,8,10,13H,3,6-7,9H2,1-2H3/t10-,13+/m1/s1. The number of ether oxygens (including phenoxy) is 1. The number of thiophene rings is 1. The van der Waals surface area contributed by atoms with Crippen LogP contribution in [0.4, 0.5) is 0 Å². The minimum Gasteiger partial charge on any atom is -0.451 e. The number of carbonyl (C=O) groups is 2. The molecule has 1 amide bonds. The molecule has 1 fully saturated rings. The maximum atomic E-state index is 12.5. The van der Waals surface area contributed by atoms with E-state index < -0.39 is 18.1 Å². The molecule has 0 N–H and O–H groups in total. The van der Waals surface area contributed by atoms with Crippen molar-refractivity contribution in [3.05, 3.63) is 34.1 Å². The highest BCUT2D eigenvalue weighted by molar-refractivity contribution is 7.10. The summed E-state index contributed by atoms with van der Waals surface area (Å²) in [5, 5.41) is 5.62. The Morgan fingerprint density at radius 1 is 1.54 bits per heavy atom. The van der Waals surface area contributed by atoms with Crippen LogP contribution in [0.25, 0.3) is 0 Å². The molecule has 0 unspecified atom stereocenters. The van der Waals surface area contributed by atoms with E-state index in [0.29, 0.717) is 25.2 Å². The van der Waals surface area contributed by atoms with Crippen LogP contribution in [0.3, 0.4) is 0 Å². The van der Waals surface area contributed by atoms with E-state index >= 15 is 0 Å². The van der Waals surface area contributed by atoms with Crippen molar-refractivity contribution in [1.82, 2.24) is 15.0 Å². The van der Waals surface area contributed by atoms with Gasteiger partial charge in [0, 0.05) is 11.4 Å². The monoisotopic (exact) mass is 349 g/mol. The zero-order valence-electron chi connectivity index (χ0n) is 13.6. The van der Waals surface area contributed by atoms with Gasteiger partial charge >= 0.3 is 5.97 Å². The number of aromatic nitrogens is 2. The van der Waals surface area contributed by atoms with E-state index in [4.69, 9.17) is 9.26 Å². The van der Waals surface area contributed by atoms with E-state index in [1.54, 1.807) is 18.7 Å². The average Bonchev–Trinajstić information content (AvgIpc) is 3.27. The minimum absolute atomic E-state index is 0.0433. The largest absolute Gasteiger partial charge is 0.451 e. The molecule has 1 aliphatic heterocycles. The fraction of sp³-hybridized carbons (Fsp3) is 0.500. The Balaban J connectivity index is 1.61. The van der Waals surface area contributed by atoms with Crippen LogP contribution >= 0.6 is 11.3 Å². The molecule has 0 aromatic carbocycles. The zero-order valence-corrected chi connectivity index (χ0v) is 14.4. The molecule has 2 aromatic heterocycles. The molecule has 2 aromatic rings. The van der Waals surface area contributed by atoms with Crippen LogP contribution in [0.5, 0.6) is 0 Å². The molecule has 1 saturated heterocycles. The van der Waals surface area contributed by atoms with Gasteiger partial charge in [-0.1, -0.05) is 11.2 Å². The number of likely N-dealkylation sites (tertiary alicyclic amines) is 1.